The zero-order valence-corrected chi connectivity index (χ0v) is 18.0. The van der Waals surface area contributed by atoms with Crippen LogP contribution in [0, 0.1) is 5.82 Å². The quantitative estimate of drug-likeness (QED) is 0.654. The Morgan fingerprint density at radius 3 is 2.81 bits per heavy atom. The SMILES string of the molecule is O=C1N=c2ccc(F)cc2=C1c1sc(=Nc2ccncc2Cl)n(C2CCCCC2)c1O. The first-order chi connectivity index (χ1) is 15.0. The van der Waals surface area contributed by atoms with Crippen LogP contribution >= 0.6 is 22.9 Å². The Labute approximate surface area is 185 Å². The van der Waals surface area contributed by atoms with Gasteiger partial charge in [0.1, 0.15) is 10.7 Å². The Morgan fingerprint density at radius 2 is 2.03 bits per heavy atom. The topological polar surface area (TPSA) is 79.8 Å². The zero-order chi connectivity index (χ0) is 21.5. The molecule has 5 rings (SSSR count). The van der Waals surface area contributed by atoms with Gasteiger partial charge in [0.15, 0.2) is 4.80 Å². The molecule has 9 heteroatoms. The van der Waals surface area contributed by atoms with Gasteiger partial charge in [0.2, 0.25) is 5.88 Å². The van der Waals surface area contributed by atoms with Crippen LogP contribution in [0.1, 0.15) is 43.0 Å². The Hall–Kier alpha value is -2.84. The standard InChI is InChI=1S/C22H18ClFN4O2S/c23-15-11-25-9-8-17(15)27-22-28(13-4-2-1-3-5-13)21(30)19(31-22)18-14-10-12(24)6-7-16(14)26-20(18)29/h6-11,13,30H,1-5H2. The molecular weight excluding hydrogens is 439 g/mol. The summed E-state index contributed by atoms with van der Waals surface area (Å²) in [6, 6.07) is 5.76. The van der Waals surface area contributed by atoms with Crippen LogP contribution in [0.3, 0.4) is 0 Å². The number of hydrogen-bond acceptors (Lipinski definition) is 5. The van der Waals surface area contributed by atoms with E-state index in [1.807, 2.05) is 0 Å². The molecule has 1 aliphatic heterocycles. The highest BCUT2D eigenvalue weighted by molar-refractivity contribution is 7.11. The minimum atomic E-state index is -0.499. The van der Waals surface area contributed by atoms with E-state index in [2.05, 4.69) is 15.0 Å². The number of carbonyl (C=O) groups is 1. The fourth-order valence-corrected chi connectivity index (χ4v) is 5.47. The predicted octanol–water partition coefficient (Wildman–Crippen LogP) is 3.54. The van der Waals surface area contributed by atoms with Crippen LogP contribution in [0.15, 0.2) is 46.6 Å². The van der Waals surface area contributed by atoms with Gasteiger partial charge >= 0.3 is 0 Å². The third kappa shape index (κ3) is 3.59. The molecule has 1 amide bonds. The molecule has 0 spiro atoms. The normalized spacial score (nSPS) is 17.2. The van der Waals surface area contributed by atoms with E-state index in [1.54, 1.807) is 16.8 Å². The highest BCUT2D eigenvalue weighted by Gasteiger charge is 2.29. The van der Waals surface area contributed by atoms with Crippen molar-refractivity contribution in [3.8, 4) is 5.88 Å². The van der Waals surface area contributed by atoms with Crippen molar-refractivity contribution in [3.63, 3.8) is 0 Å². The summed E-state index contributed by atoms with van der Waals surface area (Å²) in [4.78, 5) is 26.3. The number of aromatic nitrogens is 2. The molecule has 2 aromatic heterocycles. The highest BCUT2D eigenvalue weighted by Crippen LogP contribution is 2.36. The molecule has 0 atom stereocenters. The van der Waals surface area contributed by atoms with E-state index in [-0.39, 0.29) is 17.5 Å². The van der Waals surface area contributed by atoms with Crippen molar-refractivity contribution in [1.82, 2.24) is 9.55 Å². The second kappa shape index (κ2) is 8.01. The first kappa shape index (κ1) is 20.1. The molecule has 3 aromatic rings. The second-order valence-electron chi connectivity index (χ2n) is 7.59. The average molecular weight is 457 g/mol. The number of thiazole rings is 1. The van der Waals surface area contributed by atoms with E-state index >= 15 is 0 Å². The first-order valence-corrected chi connectivity index (χ1v) is 11.2. The maximum atomic E-state index is 13.9. The van der Waals surface area contributed by atoms with Crippen LogP contribution in [-0.2, 0) is 4.79 Å². The maximum Gasteiger partial charge on any atom is 0.279 e. The van der Waals surface area contributed by atoms with Crippen molar-refractivity contribution in [3.05, 3.63) is 67.8 Å². The van der Waals surface area contributed by atoms with Crippen molar-refractivity contribution >= 4 is 40.1 Å². The van der Waals surface area contributed by atoms with Crippen LogP contribution in [-0.4, -0.2) is 20.6 Å². The number of amides is 1. The van der Waals surface area contributed by atoms with Crippen molar-refractivity contribution in [2.24, 2.45) is 9.98 Å². The van der Waals surface area contributed by atoms with Crippen LogP contribution in [0.2, 0.25) is 5.02 Å². The Balaban J connectivity index is 1.78. The molecule has 6 nitrogen and oxygen atoms in total. The summed E-state index contributed by atoms with van der Waals surface area (Å²) in [5.41, 5.74) is 0.719. The first-order valence-electron chi connectivity index (χ1n) is 10.0. The summed E-state index contributed by atoms with van der Waals surface area (Å²) < 4.78 is 15.7. The lowest BCUT2D eigenvalue weighted by molar-refractivity contribution is -0.112. The third-order valence-electron chi connectivity index (χ3n) is 5.63. The summed E-state index contributed by atoms with van der Waals surface area (Å²) in [7, 11) is 0. The van der Waals surface area contributed by atoms with Gasteiger partial charge < -0.3 is 5.11 Å². The maximum absolute atomic E-state index is 13.9. The summed E-state index contributed by atoms with van der Waals surface area (Å²) >= 11 is 7.43. The van der Waals surface area contributed by atoms with Crippen molar-refractivity contribution in [2.75, 3.05) is 0 Å². The monoisotopic (exact) mass is 456 g/mol. The molecule has 2 aliphatic rings. The van der Waals surface area contributed by atoms with Crippen LogP contribution in [0.4, 0.5) is 10.1 Å². The molecule has 1 aromatic carbocycles. The van der Waals surface area contributed by atoms with Crippen molar-refractivity contribution < 1.29 is 14.3 Å². The van der Waals surface area contributed by atoms with Crippen LogP contribution < -0.4 is 15.4 Å². The van der Waals surface area contributed by atoms with E-state index in [4.69, 9.17) is 11.6 Å². The summed E-state index contributed by atoms with van der Waals surface area (Å²) in [5.74, 6) is -1.01. The van der Waals surface area contributed by atoms with Crippen LogP contribution in [0.25, 0.3) is 5.57 Å². The number of nitrogens with zero attached hydrogens (tertiary/aromatic N) is 4. The van der Waals surface area contributed by atoms with Crippen LogP contribution in [0.5, 0.6) is 5.88 Å². The van der Waals surface area contributed by atoms with Crippen molar-refractivity contribution in [2.45, 2.75) is 38.1 Å². The Bertz CT molecular complexity index is 1390. The van der Waals surface area contributed by atoms with E-state index in [9.17, 15) is 14.3 Å². The summed E-state index contributed by atoms with van der Waals surface area (Å²) in [6.07, 6.45) is 8.16. The Morgan fingerprint density at radius 1 is 1.23 bits per heavy atom. The molecular formula is C22H18ClFN4O2S. The highest BCUT2D eigenvalue weighted by atomic mass is 35.5. The largest absolute Gasteiger partial charge is 0.493 e. The minimum Gasteiger partial charge on any atom is -0.493 e. The predicted molar refractivity (Wildman–Crippen MR) is 115 cm³/mol. The number of fused-ring (bicyclic) bond motifs is 1. The van der Waals surface area contributed by atoms with E-state index in [1.165, 1.54) is 35.7 Å². The summed E-state index contributed by atoms with van der Waals surface area (Å²) in [5, 5.41) is 12.4. The Kier molecular flexibility index (Phi) is 5.19. The number of pyridine rings is 1. The van der Waals surface area contributed by atoms with Gasteiger partial charge in [-0.2, -0.15) is 0 Å². The molecule has 3 heterocycles. The molecule has 1 saturated carbocycles. The molecule has 1 aliphatic carbocycles. The van der Waals surface area contributed by atoms with E-state index in [0.717, 1.165) is 32.1 Å². The van der Waals surface area contributed by atoms with Gasteiger partial charge in [0, 0.05) is 23.7 Å². The summed E-state index contributed by atoms with van der Waals surface area (Å²) in [6.45, 7) is 0. The number of aromatic hydroxyl groups is 1. The molecule has 1 fully saturated rings. The fraction of sp³-hybridized carbons (Fsp3) is 0.273. The number of rotatable bonds is 3. The van der Waals surface area contributed by atoms with Gasteiger partial charge in [0.25, 0.3) is 5.91 Å². The van der Waals surface area contributed by atoms with Gasteiger partial charge in [-0.25, -0.2) is 14.4 Å². The smallest absolute Gasteiger partial charge is 0.279 e. The van der Waals surface area contributed by atoms with Gasteiger partial charge in [-0.3, -0.25) is 14.3 Å². The minimum absolute atomic E-state index is 0.0449. The molecule has 0 bridgehead atoms. The molecule has 0 radical (unpaired) electrons. The lowest BCUT2D eigenvalue weighted by Gasteiger charge is -2.23. The number of hydrogen-bond donors (Lipinski definition) is 1. The van der Waals surface area contributed by atoms with Gasteiger partial charge in [-0.1, -0.05) is 42.2 Å². The second-order valence-corrected chi connectivity index (χ2v) is 8.98. The lowest BCUT2D eigenvalue weighted by atomic mass is 9.95. The van der Waals surface area contributed by atoms with E-state index in [0.29, 0.717) is 31.0 Å². The van der Waals surface area contributed by atoms with Gasteiger partial charge in [-0.15, -0.1) is 0 Å². The number of carbonyl (C=O) groups excluding carboxylic acids is 1. The molecule has 1 N–H and O–H groups in total. The lowest BCUT2D eigenvalue weighted by Crippen LogP contribution is -2.23. The molecule has 158 valence electrons. The molecule has 0 unspecified atom stereocenters. The fourth-order valence-electron chi connectivity index (χ4n) is 4.16. The van der Waals surface area contributed by atoms with Gasteiger partial charge in [-0.05, 0) is 37.1 Å². The average Bonchev–Trinajstić information content (AvgIpc) is 3.25. The zero-order valence-electron chi connectivity index (χ0n) is 16.4. The third-order valence-corrected chi connectivity index (χ3v) is 6.98. The van der Waals surface area contributed by atoms with Gasteiger partial charge in [0.05, 0.1) is 21.6 Å². The molecule has 0 saturated heterocycles. The number of benzene rings is 1. The molecule has 31 heavy (non-hydrogen) atoms. The number of halogens is 2. The van der Waals surface area contributed by atoms with E-state index < -0.39 is 11.7 Å². The van der Waals surface area contributed by atoms with Crippen molar-refractivity contribution in [1.29, 1.82) is 0 Å².